The molecule has 4 rings (SSSR count). The predicted molar refractivity (Wildman–Crippen MR) is 106 cm³/mol. The van der Waals surface area contributed by atoms with Gasteiger partial charge in [-0.25, -0.2) is 4.79 Å². The summed E-state index contributed by atoms with van der Waals surface area (Å²) in [5, 5.41) is 0. The molecular formula is C21H21N3O5. The van der Waals surface area contributed by atoms with Crippen molar-refractivity contribution in [1.82, 2.24) is 4.57 Å². The van der Waals surface area contributed by atoms with Gasteiger partial charge in [-0.05, 0) is 19.9 Å². The van der Waals surface area contributed by atoms with Crippen LogP contribution in [0.3, 0.4) is 0 Å². The summed E-state index contributed by atoms with van der Waals surface area (Å²) >= 11 is 0. The maximum atomic E-state index is 13.7. The number of pyridine rings is 1. The van der Waals surface area contributed by atoms with Crippen LogP contribution in [0.15, 0.2) is 46.6 Å². The normalized spacial score (nSPS) is 19.9. The molecule has 2 aromatic rings. The molecule has 2 aliphatic heterocycles. The first-order valence-electron chi connectivity index (χ1n) is 9.20. The average Bonchev–Trinajstić information content (AvgIpc) is 2.89. The zero-order valence-corrected chi connectivity index (χ0v) is 16.6. The van der Waals surface area contributed by atoms with Crippen LogP contribution in [0.5, 0.6) is 5.75 Å². The van der Waals surface area contributed by atoms with Crippen molar-refractivity contribution in [2.75, 3.05) is 18.6 Å². The van der Waals surface area contributed by atoms with E-state index in [9.17, 15) is 14.4 Å². The molecule has 2 aliphatic rings. The highest BCUT2D eigenvalue weighted by Gasteiger charge is 2.61. The zero-order chi connectivity index (χ0) is 21.1. The molecule has 1 spiro atoms. The van der Waals surface area contributed by atoms with Gasteiger partial charge >= 0.3 is 5.97 Å². The molecule has 0 aliphatic carbocycles. The largest absolute Gasteiger partial charge is 0.462 e. The topological polar surface area (TPSA) is 104 Å². The van der Waals surface area contributed by atoms with Crippen LogP contribution in [0.25, 0.3) is 0 Å². The first-order valence-corrected chi connectivity index (χ1v) is 9.20. The molecule has 1 aromatic heterocycles. The number of carbonyl (C=O) groups is 2. The van der Waals surface area contributed by atoms with E-state index in [1.165, 1.54) is 9.47 Å². The van der Waals surface area contributed by atoms with E-state index in [0.29, 0.717) is 16.9 Å². The van der Waals surface area contributed by atoms with Crippen molar-refractivity contribution in [2.24, 2.45) is 12.8 Å². The minimum atomic E-state index is -1.74. The van der Waals surface area contributed by atoms with Crippen molar-refractivity contribution in [3.8, 4) is 5.75 Å². The summed E-state index contributed by atoms with van der Waals surface area (Å²) in [6, 6.07) is 8.65. The van der Waals surface area contributed by atoms with E-state index in [1.54, 1.807) is 58.3 Å². The second-order valence-corrected chi connectivity index (χ2v) is 7.08. The molecule has 1 amide bonds. The average molecular weight is 395 g/mol. The summed E-state index contributed by atoms with van der Waals surface area (Å²) < 4.78 is 12.3. The number of para-hydroxylation sites is 1. The van der Waals surface area contributed by atoms with Gasteiger partial charge in [0.05, 0.1) is 12.2 Å². The minimum Gasteiger partial charge on any atom is -0.462 e. The molecule has 1 atom stereocenters. The summed E-state index contributed by atoms with van der Waals surface area (Å²) in [4.78, 5) is 41.5. The van der Waals surface area contributed by atoms with Crippen LogP contribution in [0.4, 0.5) is 5.69 Å². The van der Waals surface area contributed by atoms with Gasteiger partial charge in [0.2, 0.25) is 11.8 Å². The summed E-state index contributed by atoms with van der Waals surface area (Å²) in [5.74, 6) is -1.34. The number of benzene rings is 1. The lowest BCUT2D eigenvalue weighted by atomic mass is 9.68. The first kappa shape index (κ1) is 18.8. The number of hydrogen-bond acceptors (Lipinski definition) is 6. The number of aromatic nitrogens is 1. The Hall–Kier alpha value is -3.55. The van der Waals surface area contributed by atoms with Gasteiger partial charge < -0.3 is 24.7 Å². The van der Waals surface area contributed by atoms with Crippen molar-refractivity contribution in [3.05, 3.63) is 69.0 Å². The first-order chi connectivity index (χ1) is 13.8. The highest BCUT2D eigenvalue weighted by Crippen LogP contribution is 2.54. The van der Waals surface area contributed by atoms with Gasteiger partial charge in [0.1, 0.15) is 16.7 Å². The lowest BCUT2D eigenvalue weighted by Gasteiger charge is -2.35. The molecule has 0 saturated carbocycles. The van der Waals surface area contributed by atoms with Gasteiger partial charge in [-0.15, -0.1) is 0 Å². The molecule has 29 heavy (non-hydrogen) atoms. The lowest BCUT2D eigenvalue weighted by Crippen LogP contribution is -2.51. The quantitative estimate of drug-likeness (QED) is 0.764. The fourth-order valence-corrected chi connectivity index (χ4v) is 4.20. The van der Waals surface area contributed by atoms with Crippen LogP contribution < -0.4 is 20.9 Å². The van der Waals surface area contributed by atoms with Gasteiger partial charge in [0.15, 0.2) is 0 Å². The van der Waals surface area contributed by atoms with E-state index in [4.69, 9.17) is 15.2 Å². The van der Waals surface area contributed by atoms with Crippen LogP contribution in [0, 0.1) is 6.92 Å². The van der Waals surface area contributed by atoms with E-state index in [2.05, 4.69) is 0 Å². The maximum Gasteiger partial charge on any atom is 0.341 e. The molecule has 150 valence electrons. The van der Waals surface area contributed by atoms with Gasteiger partial charge in [-0.2, -0.15) is 0 Å². The third kappa shape index (κ3) is 2.22. The van der Waals surface area contributed by atoms with E-state index >= 15 is 0 Å². The molecule has 8 nitrogen and oxygen atoms in total. The van der Waals surface area contributed by atoms with Gasteiger partial charge in [0, 0.05) is 37.1 Å². The number of aryl methyl sites for hydroxylation is 1. The summed E-state index contributed by atoms with van der Waals surface area (Å²) in [6.45, 7) is 3.48. The molecule has 0 saturated heterocycles. The monoisotopic (exact) mass is 395 g/mol. The molecule has 1 aromatic carbocycles. The summed E-state index contributed by atoms with van der Waals surface area (Å²) in [7, 11) is 3.20. The number of esters is 1. The van der Waals surface area contributed by atoms with E-state index in [-0.39, 0.29) is 29.4 Å². The number of hydrogen-bond donors (Lipinski definition) is 1. The number of amides is 1. The number of fused-ring (bicyclic) bond motifs is 4. The molecule has 0 radical (unpaired) electrons. The number of likely N-dealkylation sites (N-methyl/N-ethyl adjacent to an activating group) is 1. The number of nitrogens with two attached hydrogens (primary N) is 1. The van der Waals surface area contributed by atoms with Crippen LogP contribution >= 0.6 is 0 Å². The molecule has 3 heterocycles. The predicted octanol–water partition coefficient (Wildman–Crippen LogP) is 1.08. The second-order valence-electron chi connectivity index (χ2n) is 7.08. The van der Waals surface area contributed by atoms with Crippen molar-refractivity contribution in [3.63, 3.8) is 0 Å². The van der Waals surface area contributed by atoms with Gasteiger partial charge in [-0.3, -0.25) is 9.59 Å². The van der Waals surface area contributed by atoms with Crippen LogP contribution in [0.1, 0.15) is 23.7 Å². The van der Waals surface area contributed by atoms with Crippen molar-refractivity contribution >= 4 is 17.6 Å². The lowest BCUT2D eigenvalue weighted by molar-refractivity contribution is -0.140. The third-order valence-corrected chi connectivity index (χ3v) is 5.62. The molecule has 0 fully saturated rings. The van der Waals surface area contributed by atoms with Crippen molar-refractivity contribution < 1.29 is 19.1 Å². The Bertz CT molecular complexity index is 1160. The number of nitrogens with zero attached hydrogens (tertiary/aromatic N) is 2. The fraction of sp³-hybridized carbons (Fsp3) is 0.286. The Morgan fingerprint density at radius 3 is 2.62 bits per heavy atom. The summed E-state index contributed by atoms with van der Waals surface area (Å²) in [5.41, 5.74) is 5.58. The highest BCUT2D eigenvalue weighted by atomic mass is 16.5. The Balaban J connectivity index is 2.21. The molecule has 2 N–H and O–H groups in total. The number of ether oxygens (including phenoxy) is 2. The SMILES string of the molecule is CCOC(=O)C1=C(N)Oc2cc(C)n(C)c(=O)c2[C@]12C(=O)N(C)c1ccccc12. The van der Waals surface area contributed by atoms with E-state index in [1.807, 2.05) is 0 Å². The number of rotatable bonds is 2. The van der Waals surface area contributed by atoms with Crippen molar-refractivity contribution in [2.45, 2.75) is 19.3 Å². The number of anilines is 1. The Morgan fingerprint density at radius 2 is 1.93 bits per heavy atom. The Kier molecular flexibility index (Phi) is 4.04. The second kappa shape index (κ2) is 6.23. The van der Waals surface area contributed by atoms with E-state index in [0.717, 1.165) is 0 Å². The molecular weight excluding hydrogens is 374 g/mol. The van der Waals surface area contributed by atoms with Crippen LogP contribution in [0.2, 0.25) is 0 Å². The summed E-state index contributed by atoms with van der Waals surface area (Å²) in [6.07, 6.45) is 0. The number of carbonyl (C=O) groups excluding carboxylic acids is 2. The highest BCUT2D eigenvalue weighted by molar-refractivity contribution is 6.18. The van der Waals surface area contributed by atoms with Gasteiger partial charge in [0.25, 0.3) is 5.56 Å². The third-order valence-electron chi connectivity index (χ3n) is 5.62. The molecule has 0 bridgehead atoms. The zero-order valence-electron chi connectivity index (χ0n) is 16.6. The Labute approximate surface area is 167 Å². The standard InChI is InChI=1S/C21H21N3O5/c1-5-28-19(26)16-17(22)29-14-10-11(2)23(3)18(25)15(14)21(16)12-8-6-7-9-13(12)24(4)20(21)27/h6-10H,5,22H2,1-4H3/t21-/m0/s1. The van der Waals surface area contributed by atoms with Crippen molar-refractivity contribution in [1.29, 1.82) is 0 Å². The van der Waals surface area contributed by atoms with E-state index < -0.39 is 22.9 Å². The molecule has 8 heteroatoms. The van der Waals surface area contributed by atoms with Crippen LogP contribution in [-0.2, 0) is 26.8 Å². The Morgan fingerprint density at radius 1 is 1.24 bits per heavy atom. The minimum absolute atomic E-state index is 0.0599. The van der Waals surface area contributed by atoms with Gasteiger partial charge in [-0.1, -0.05) is 18.2 Å². The molecule has 0 unspecified atom stereocenters. The fourth-order valence-electron chi connectivity index (χ4n) is 4.20. The smallest absolute Gasteiger partial charge is 0.341 e. The van der Waals surface area contributed by atoms with Crippen LogP contribution in [-0.4, -0.2) is 30.1 Å². The maximum absolute atomic E-state index is 13.7.